The van der Waals surface area contributed by atoms with E-state index in [9.17, 15) is 13.6 Å². The van der Waals surface area contributed by atoms with E-state index in [2.05, 4.69) is 15.6 Å². The fourth-order valence-corrected chi connectivity index (χ4v) is 2.36. The number of aromatic nitrogens is 2. The van der Waals surface area contributed by atoms with Crippen molar-refractivity contribution in [2.75, 3.05) is 0 Å². The van der Waals surface area contributed by atoms with Crippen molar-refractivity contribution in [1.82, 2.24) is 20.2 Å². The molecule has 0 aliphatic carbocycles. The number of halogens is 2. The number of nitrogens with zero attached hydrogens (tertiary/aromatic N) is 2. The van der Waals surface area contributed by atoms with Gasteiger partial charge >= 0.3 is 6.03 Å². The Morgan fingerprint density at radius 3 is 2.78 bits per heavy atom. The molecular weight excluding hydrogens is 302 g/mol. The molecule has 2 atom stereocenters. The standard InChI is InChI=1S/C16H20F2N4O/c1-3-15(13-8-12(17)4-5-14(13)18)21-16(23)20-11(2)9-22-7-6-19-10-22/h4-8,10-11,15H,3,9H2,1-2H3,(H2,20,21,23)/t11-,15-/m0/s1. The van der Waals surface area contributed by atoms with E-state index < -0.39 is 23.7 Å². The summed E-state index contributed by atoms with van der Waals surface area (Å²) in [5.74, 6) is -1.07. The first kappa shape index (κ1) is 16.9. The van der Waals surface area contributed by atoms with Gasteiger partial charge < -0.3 is 15.2 Å². The Kier molecular flexibility index (Phi) is 5.67. The van der Waals surface area contributed by atoms with Crippen LogP contribution in [0, 0.1) is 11.6 Å². The molecular formula is C16H20F2N4O. The number of carbonyl (C=O) groups excluding carboxylic acids is 1. The fourth-order valence-electron chi connectivity index (χ4n) is 2.36. The van der Waals surface area contributed by atoms with E-state index in [-0.39, 0.29) is 11.6 Å². The number of urea groups is 1. The molecule has 0 spiro atoms. The molecule has 0 radical (unpaired) electrons. The van der Waals surface area contributed by atoms with E-state index in [1.165, 1.54) is 0 Å². The zero-order valence-corrected chi connectivity index (χ0v) is 13.1. The van der Waals surface area contributed by atoms with Gasteiger partial charge in [-0.1, -0.05) is 6.92 Å². The molecule has 0 aliphatic heterocycles. The molecule has 124 valence electrons. The predicted octanol–water partition coefficient (Wildman–Crippen LogP) is 3.00. The summed E-state index contributed by atoms with van der Waals surface area (Å²) >= 11 is 0. The second-order valence-corrected chi connectivity index (χ2v) is 5.40. The summed E-state index contributed by atoms with van der Waals surface area (Å²) in [7, 11) is 0. The molecule has 7 heteroatoms. The van der Waals surface area contributed by atoms with Gasteiger partial charge in [-0.15, -0.1) is 0 Å². The zero-order valence-electron chi connectivity index (χ0n) is 13.1. The Labute approximate surface area is 133 Å². The average Bonchev–Trinajstić information content (AvgIpc) is 3.00. The highest BCUT2D eigenvalue weighted by Gasteiger charge is 2.18. The van der Waals surface area contributed by atoms with E-state index in [0.29, 0.717) is 13.0 Å². The number of hydrogen-bond acceptors (Lipinski definition) is 2. The van der Waals surface area contributed by atoms with Crippen LogP contribution in [-0.2, 0) is 6.54 Å². The van der Waals surface area contributed by atoms with Gasteiger partial charge in [-0.3, -0.25) is 0 Å². The summed E-state index contributed by atoms with van der Waals surface area (Å²) < 4.78 is 29.0. The van der Waals surface area contributed by atoms with Gasteiger partial charge in [-0.2, -0.15) is 0 Å². The smallest absolute Gasteiger partial charge is 0.315 e. The van der Waals surface area contributed by atoms with Gasteiger partial charge in [-0.05, 0) is 31.5 Å². The quantitative estimate of drug-likeness (QED) is 0.859. The van der Waals surface area contributed by atoms with Crippen LogP contribution in [0.1, 0.15) is 31.9 Å². The molecule has 2 aromatic rings. The lowest BCUT2D eigenvalue weighted by molar-refractivity contribution is 0.232. The van der Waals surface area contributed by atoms with Crippen LogP contribution in [0.25, 0.3) is 0 Å². The number of imidazole rings is 1. The summed E-state index contributed by atoms with van der Waals surface area (Å²) in [5.41, 5.74) is 0.143. The lowest BCUT2D eigenvalue weighted by Crippen LogP contribution is -2.43. The van der Waals surface area contributed by atoms with Crippen molar-refractivity contribution in [1.29, 1.82) is 0 Å². The number of amides is 2. The van der Waals surface area contributed by atoms with Gasteiger partial charge in [0.1, 0.15) is 11.6 Å². The minimum absolute atomic E-state index is 0.140. The van der Waals surface area contributed by atoms with Crippen molar-refractivity contribution in [2.24, 2.45) is 0 Å². The molecule has 1 heterocycles. The maximum absolute atomic E-state index is 13.8. The van der Waals surface area contributed by atoms with Crippen LogP contribution in [-0.4, -0.2) is 21.6 Å². The van der Waals surface area contributed by atoms with Gasteiger partial charge in [0, 0.05) is 30.5 Å². The zero-order chi connectivity index (χ0) is 16.8. The van der Waals surface area contributed by atoms with Gasteiger partial charge in [0.2, 0.25) is 0 Å². The Morgan fingerprint density at radius 1 is 1.35 bits per heavy atom. The molecule has 0 aliphatic rings. The largest absolute Gasteiger partial charge is 0.335 e. The van der Waals surface area contributed by atoms with Crippen LogP contribution in [0.15, 0.2) is 36.9 Å². The van der Waals surface area contributed by atoms with E-state index in [4.69, 9.17) is 0 Å². The van der Waals surface area contributed by atoms with Crippen LogP contribution < -0.4 is 10.6 Å². The summed E-state index contributed by atoms with van der Waals surface area (Å²) in [4.78, 5) is 16.0. The molecule has 0 fully saturated rings. The SMILES string of the molecule is CC[C@H](NC(=O)N[C@@H](C)Cn1ccnc1)c1cc(F)ccc1F. The number of rotatable bonds is 6. The molecule has 0 saturated heterocycles. The Balaban J connectivity index is 1.95. The molecule has 23 heavy (non-hydrogen) atoms. The normalized spacial score (nSPS) is 13.4. The van der Waals surface area contributed by atoms with Crippen LogP contribution in [0.2, 0.25) is 0 Å². The molecule has 0 saturated carbocycles. The predicted molar refractivity (Wildman–Crippen MR) is 82.7 cm³/mol. The van der Waals surface area contributed by atoms with Gasteiger partial charge in [0.15, 0.2) is 0 Å². The van der Waals surface area contributed by atoms with Crippen molar-refractivity contribution in [3.63, 3.8) is 0 Å². The lowest BCUT2D eigenvalue weighted by Gasteiger charge is -2.21. The maximum Gasteiger partial charge on any atom is 0.315 e. The summed E-state index contributed by atoms with van der Waals surface area (Å²) in [6.07, 6.45) is 5.57. The van der Waals surface area contributed by atoms with Crippen LogP contribution in [0.5, 0.6) is 0 Å². The molecule has 0 unspecified atom stereocenters. The average molecular weight is 322 g/mol. The minimum atomic E-state index is -0.592. The third-order valence-electron chi connectivity index (χ3n) is 3.47. The third-order valence-corrected chi connectivity index (χ3v) is 3.47. The van der Waals surface area contributed by atoms with Crippen LogP contribution in [0.3, 0.4) is 0 Å². The van der Waals surface area contributed by atoms with Crippen molar-refractivity contribution in [2.45, 2.75) is 38.9 Å². The topological polar surface area (TPSA) is 59.0 Å². The molecule has 2 amide bonds. The molecule has 0 bridgehead atoms. The van der Waals surface area contributed by atoms with Crippen molar-refractivity contribution in [3.8, 4) is 0 Å². The first-order valence-corrected chi connectivity index (χ1v) is 7.47. The molecule has 1 aromatic carbocycles. The highest BCUT2D eigenvalue weighted by molar-refractivity contribution is 5.74. The molecule has 2 rings (SSSR count). The summed E-state index contributed by atoms with van der Waals surface area (Å²) in [6, 6.07) is 2.07. The van der Waals surface area contributed by atoms with E-state index in [1.807, 2.05) is 11.5 Å². The highest BCUT2D eigenvalue weighted by atomic mass is 19.1. The first-order valence-electron chi connectivity index (χ1n) is 7.47. The second kappa shape index (κ2) is 7.71. The molecule has 5 nitrogen and oxygen atoms in total. The van der Waals surface area contributed by atoms with Gasteiger partial charge in [-0.25, -0.2) is 18.6 Å². The van der Waals surface area contributed by atoms with Crippen molar-refractivity contribution >= 4 is 6.03 Å². The first-order chi connectivity index (χ1) is 11.0. The van der Waals surface area contributed by atoms with E-state index in [1.54, 1.807) is 25.6 Å². The molecule has 1 aromatic heterocycles. The minimum Gasteiger partial charge on any atom is -0.335 e. The highest BCUT2D eigenvalue weighted by Crippen LogP contribution is 2.21. The lowest BCUT2D eigenvalue weighted by atomic mass is 10.0. The Morgan fingerprint density at radius 2 is 2.13 bits per heavy atom. The number of nitrogens with one attached hydrogen (secondary N) is 2. The summed E-state index contributed by atoms with van der Waals surface area (Å²) in [5, 5.41) is 5.45. The van der Waals surface area contributed by atoms with Crippen molar-refractivity contribution < 1.29 is 13.6 Å². The van der Waals surface area contributed by atoms with Crippen molar-refractivity contribution in [3.05, 3.63) is 54.1 Å². The van der Waals surface area contributed by atoms with Crippen LogP contribution in [0.4, 0.5) is 13.6 Å². The maximum atomic E-state index is 13.8. The Hall–Kier alpha value is -2.44. The third kappa shape index (κ3) is 4.77. The van der Waals surface area contributed by atoms with Gasteiger partial charge in [0.05, 0.1) is 12.4 Å². The van der Waals surface area contributed by atoms with E-state index >= 15 is 0 Å². The number of hydrogen-bond donors (Lipinski definition) is 2. The van der Waals surface area contributed by atoms with E-state index in [0.717, 1.165) is 18.2 Å². The fraction of sp³-hybridized carbons (Fsp3) is 0.375. The molecule has 2 N–H and O–H groups in total. The van der Waals surface area contributed by atoms with Crippen LogP contribution >= 0.6 is 0 Å². The number of benzene rings is 1. The Bertz CT molecular complexity index is 646. The second-order valence-electron chi connectivity index (χ2n) is 5.40. The summed E-state index contributed by atoms with van der Waals surface area (Å²) in [6.45, 7) is 4.21. The monoisotopic (exact) mass is 322 g/mol. The van der Waals surface area contributed by atoms with Gasteiger partial charge in [0.25, 0.3) is 0 Å². The number of carbonyl (C=O) groups is 1.